The molecule has 1 aliphatic heterocycles. The number of halogens is 3. The van der Waals surface area contributed by atoms with Crippen molar-refractivity contribution < 1.29 is 45.7 Å². The summed E-state index contributed by atoms with van der Waals surface area (Å²) in [6.07, 6.45) is 3.67. The molecule has 7 rings (SSSR count). The van der Waals surface area contributed by atoms with E-state index in [1.165, 1.54) is 37.6 Å². The van der Waals surface area contributed by atoms with E-state index in [0.29, 0.717) is 97.4 Å². The number of sulfonamides is 1. The van der Waals surface area contributed by atoms with Crippen LogP contribution in [-0.2, 0) is 42.6 Å². The highest BCUT2D eigenvalue weighted by Crippen LogP contribution is 2.32. The number of ether oxygens (including phenoxy) is 5. The minimum absolute atomic E-state index is 0.0353. The van der Waals surface area contributed by atoms with Gasteiger partial charge in [-0.15, -0.1) is 5.10 Å². The van der Waals surface area contributed by atoms with Crippen molar-refractivity contribution in [2.45, 2.75) is 23.7 Å². The third-order valence-corrected chi connectivity index (χ3v) is 12.2. The molecule has 5 heterocycles. The van der Waals surface area contributed by atoms with E-state index in [1.54, 1.807) is 38.8 Å². The van der Waals surface area contributed by atoms with E-state index < -0.39 is 34.0 Å². The summed E-state index contributed by atoms with van der Waals surface area (Å²) in [6.45, 7) is 3.30. The molecular weight excluding hydrogens is 981 g/mol. The summed E-state index contributed by atoms with van der Waals surface area (Å²) >= 11 is 3.33. The predicted octanol–water partition coefficient (Wildman–Crippen LogP) is 3.12. The number of benzene rings is 2. The van der Waals surface area contributed by atoms with Gasteiger partial charge >= 0.3 is 0 Å². The largest absolute Gasteiger partial charge is 0.478 e. The van der Waals surface area contributed by atoms with E-state index in [4.69, 9.17) is 35.2 Å². The van der Waals surface area contributed by atoms with E-state index in [1.807, 2.05) is 7.05 Å². The van der Waals surface area contributed by atoms with Crippen LogP contribution in [0, 0.1) is 5.82 Å². The van der Waals surface area contributed by atoms with Gasteiger partial charge in [0, 0.05) is 32.0 Å². The molecule has 0 spiro atoms. The minimum Gasteiger partial charge on any atom is -0.478 e. The van der Waals surface area contributed by atoms with Crippen LogP contribution in [0.3, 0.4) is 0 Å². The highest BCUT2D eigenvalue weighted by atomic mass is 79.9. The number of aromatic nitrogens is 8. The molecular formula is C41H50BrF2N15O8S. The van der Waals surface area contributed by atoms with E-state index in [-0.39, 0.29) is 54.2 Å². The Morgan fingerprint density at radius 3 is 2.25 bits per heavy atom. The van der Waals surface area contributed by atoms with Crippen LogP contribution in [0.15, 0.2) is 70.6 Å². The second-order valence-electron chi connectivity index (χ2n) is 15.0. The first kappa shape index (κ1) is 49.7. The summed E-state index contributed by atoms with van der Waals surface area (Å²) < 4.78 is 88.4. The smallest absolute Gasteiger partial charge is 0.256 e. The molecule has 0 aliphatic carbocycles. The van der Waals surface area contributed by atoms with Crippen LogP contribution < -0.4 is 41.8 Å². The Bertz CT molecular complexity index is 2760. The number of hydrogen-bond donors (Lipinski definition) is 6. The maximum atomic E-state index is 14.2. The van der Waals surface area contributed by atoms with Gasteiger partial charge in [-0.2, -0.15) is 15.0 Å². The number of hydrogen-bond acceptors (Lipinski definition) is 19. The van der Waals surface area contributed by atoms with Crippen molar-refractivity contribution in [2.75, 3.05) is 100 Å². The first-order valence-electron chi connectivity index (χ1n) is 21.1. The molecule has 0 saturated carbocycles. The fraction of sp³-hybridized carbons (Fsp3) is 0.390. The number of carbonyl (C=O) groups is 1. The lowest BCUT2D eigenvalue weighted by Gasteiger charge is -2.16. The quantitative estimate of drug-likeness (QED) is 0.0426. The van der Waals surface area contributed by atoms with Gasteiger partial charge in [0.15, 0.2) is 17.0 Å². The first-order chi connectivity index (χ1) is 32.8. The Balaban J connectivity index is 0.735. The molecule has 27 heteroatoms. The third kappa shape index (κ3) is 12.9. The topological polar surface area (TPSA) is 288 Å². The molecule has 1 amide bonds. The molecule has 1 fully saturated rings. The summed E-state index contributed by atoms with van der Waals surface area (Å²) in [6, 6.07) is 9.33. The van der Waals surface area contributed by atoms with Gasteiger partial charge in [0.05, 0.1) is 112 Å². The average Bonchev–Trinajstić information content (AvgIpc) is 4.00. The van der Waals surface area contributed by atoms with E-state index >= 15 is 0 Å². The zero-order chi connectivity index (χ0) is 48.2. The second-order valence-corrected chi connectivity index (χ2v) is 17.6. The van der Waals surface area contributed by atoms with E-state index in [2.05, 4.69) is 66.6 Å². The molecule has 4 aromatic heterocycles. The number of amides is 1. The maximum Gasteiger partial charge on any atom is 0.256 e. The highest BCUT2D eigenvalue weighted by Gasteiger charge is 2.32. The van der Waals surface area contributed by atoms with Crippen LogP contribution in [0.1, 0.15) is 10.4 Å². The third-order valence-electron chi connectivity index (χ3n) is 10.1. The molecule has 0 radical (unpaired) electrons. The number of alkyl halides is 1. The number of nitrogens with one attached hydrogen (secondary N) is 4. The summed E-state index contributed by atoms with van der Waals surface area (Å²) in [5.74, 6) is -0.276. The van der Waals surface area contributed by atoms with Gasteiger partial charge in [-0.25, -0.2) is 31.9 Å². The van der Waals surface area contributed by atoms with Gasteiger partial charge < -0.3 is 60.6 Å². The number of rotatable bonds is 26. The fourth-order valence-electron chi connectivity index (χ4n) is 6.68. The average molecular weight is 1030 g/mol. The second kappa shape index (κ2) is 23.2. The molecule has 1 aliphatic rings. The van der Waals surface area contributed by atoms with Gasteiger partial charge in [0.25, 0.3) is 11.8 Å². The Hall–Kier alpha value is -6.20. The van der Waals surface area contributed by atoms with Crippen molar-refractivity contribution in [3.05, 3.63) is 77.0 Å². The lowest BCUT2D eigenvalue weighted by Crippen LogP contribution is -2.30. The van der Waals surface area contributed by atoms with E-state index in [9.17, 15) is 22.0 Å². The number of aryl methyl sites for hydroxylation is 1. The normalized spacial score (nSPS) is 15.0. The molecule has 1 saturated heterocycles. The molecule has 8 N–H and O–H groups in total. The summed E-state index contributed by atoms with van der Waals surface area (Å²) in [5, 5.41) is 13.6. The molecule has 2 atom stereocenters. The van der Waals surface area contributed by atoms with Crippen molar-refractivity contribution in [1.82, 2.24) is 44.0 Å². The number of imidazole rings is 1. The zero-order valence-electron chi connectivity index (χ0n) is 36.9. The Morgan fingerprint density at radius 1 is 0.882 bits per heavy atom. The van der Waals surface area contributed by atoms with Crippen LogP contribution in [-0.4, -0.2) is 145 Å². The van der Waals surface area contributed by atoms with Gasteiger partial charge in [-0.05, 0) is 52.3 Å². The number of anilines is 7. The highest BCUT2D eigenvalue weighted by molar-refractivity contribution is 9.10. The lowest BCUT2D eigenvalue weighted by molar-refractivity contribution is -0.00216. The van der Waals surface area contributed by atoms with Gasteiger partial charge in [-0.3, -0.25) is 9.48 Å². The molecule has 364 valence electrons. The number of nitrogens with zero attached hydrogens (tertiary/aromatic N) is 9. The molecule has 2 aromatic carbocycles. The molecule has 6 aromatic rings. The van der Waals surface area contributed by atoms with Crippen LogP contribution in [0.2, 0.25) is 0 Å². The van der Waals surface area contributed by atoms with Crippen LogP contribution in [0.25, 0.3) is 11.2 Å². The van der Waals surface area contributed by atoms with Crippen LogP contribution in [0.4, 0.5) is 49.4 Å². The standard InChI is InChI=1S/C41H50BrF2N15O8S/c1-57-24-48-34-37(54-41(55-38(34)57)58-21-29(44)30(45)22-58)52-32-23-59(56-39(32)63-2)11-13-65-15-17-67-19-18-66-16-14-64-12-10-49-68(61,62)26-8-6-25(7-9-26)50-40-47-20-27(42)36(53-40)51-31-5-3-4-28(43)33(31)35(46)60/h3-9,20,23-24,29-30,49H,10-19,21-22,45H2,1-2H3,(H2,46,60)(H,52,54,55)(H2,47,50,51,53)/t29-,30-/m1/s1. The van der Waals surface area contributed by atoms with Crippen LogP contribution in [0.5, 0.6) is 5.88 Å². The minimum atomic E-state index is -3.83. The number of carbonyl (C=O) groups excluding carboxylic acids is 1. The molecule has 0 bridgehead atoms. The van der Waals surface area contributed by atoms with Gasteiger partial charge in [0.2, 0.25) is 21.9 Å². The Morgan fingerprint density at radius 2 is 1.57 bits per heavy atom. The molecule has 68 heavy (non-hydrogen) atoms. The predicted molar refractivity (Wildman–Crippen MR) is 250 cm³/mol. The fourth-order valence-corrected chi connectivity index (χ4v) is 7.98. The zero-order valence-corrected chi connectivity index (χ0v) is 39.3. The number of fused-ring (bicyclic) bond motifs is 1. The van der Waals surface area contributed by atoms with Crippen molar-refractivity contribution in [1.29, 1.82) is 0 Å². The summed E-state index contributed by atoms with van der Waals surface area (Å²) in [5.41, 5.74) is 13.2. The van der Waals surface area contributed by atoms with Crippen molar-refractivity contribution in [3.63, 3.8) is 0 Å². The van der Waals surface area contributed by atoms with Gasteiger partial charge in [0.1, 0.15) is 23.5 Å². The maximum absolute atomic E-state index is 14.2. The SMILES string of the molecule is COc1nn(CCOCCOCCOCCOCCNS(=O)(=O)c2ccc(Nc3ncc(Br)c(Nc4cccc(F)c4C(N)=O)n3)cc2)cc1Nc1nc(N2C[C@@H](N)[C@H](F)C2)nc2c1ncn2C. The van der Waals surface area contributed by atoms with Crippen molar-refractivity contribution >= 4 is 83.6 Å². The van der Waals surface area contributed by atoms with E-state index in [0.717, 1.165) is 6.07 Å². The van der Waals surface area contributed by atoms with Crippen LogP contribution >= 0.6 is 15.9 Å². The first-order valence-corrected chi connectivity index (χ1v) is 23.3. The number of primary amides is 1. The Labute approximate surface area is 397 Å². The summed E-state index contributed by atoms with van der Waals surface area (Å²) in [7, 11) is -0.500. The monoisotopic (exact) mass is 1030 g/mol. The Kier molecular flexibility index (Phi) is 17.0. The number of nitrogens with two attached hydrogens (primary N) is 2. The van der Waals surface area contributed by atoms with Crippen molar-refractivity contribution in [2.24, 2.45) is 18.5 Å². The van der Waals surface area contributed by atoms with Crippen molar-refractivity contribution in [3.8, 4) is 5.88 Å². The molecule has 23 nitrogen and oxygen atoms in total. The van der Waals surface area contributed by atoms with Gasteiger partial charge in [-0.1, -0.05) is 6.07 Å². The number of methoxy groups -OCH3 is 1. The summed E-state index contributed by atoms with van der Waals surface area (Å²) in [4.78, 5) is 35.8. The lowest BCUT2D eigenvalue weighted by atomic mass is 10.1. The molecule has 0 unspecified atom stereocenters.